The molecular weight excluding hydrogens is 260 g/mol. The number of hydrogen-bond acceptors (Lipinski definition) is 3. The summed E-state index contributed by atoms with van der Waals surface area (Å²) < 4.78 is 5.15. The Labute approximate surface area is 116 Å². The first-order chi connectivity index (χ1) is 9.35. The summed E-state index contributed by atoms with van der Waals surface area (Å²) in [6.45, 7) is 0. The van der Waals surface area contributed by atoms with Gasteiger partial charge < -0.3 is 26.8 Å². The third kappa shape index (κ3) is 3.87. The number of rotatable bonds is 3. The normalized spacial score (nSPS) is 10.8. The molecular formula is C12H18N6O2. The molecule has 0 saturated heterocycles. The summed E-state index contributed by atoms with van der Waals surface area (Å²) in [5, 5.41) is 0. The fraction of sp³-hybridized carbons (Fsp3) is 0.250. The second-order valence-corrected chi connectivity index (χ2v) is 4.09. The fourth-order valence-corrected chi connectivity index (χ4v) is 1.46. The summed E-state index contributed by atoms with van der Waals surface area (Å²) in [6, 6.07) is 4.81. The van der Waals surface area contributed by atoms with Crippen molar-refractivity contribution < 1.29 is 9.53 Å². The minimum atomic E-state index is -0.209. The van der Waals surface area contributed by atoms with Crippen molar-refractivity contribution >= 4 is 23.5 Å². The van der Waals surface area contributed by atoms with Crippen LogP contribution in [-0.4, -0.2) is 43.9 Å². The van der Waals surface area contributed by atoms with Crippen LogP contribution in [0.3, 0.4) is 0 Å². The van der Waals surface area contributed by atoms with Crippen molar-refractivity contribution in [3.05, 3.63) is 23.8 Å². The van der Waals surface area contributed by atoms with Crippen LogP contribution in [0.2, 0.25) is 0 Å². The topological polar surface area (TPSA) is 132 Å². The van der Waals surface area contributed by atoms with Crippen LogP contribution in [-0.2, 0) is 0 Å². The zero-order valence-corrected chi connectivity index (χ0v) is 11.6. The number of aliphatic imine (C=N–C) groups is 2. The summed E-state index contributed by atoms with van der Waals surface area (Å²) in [5.41, 5.74) is 16.7. The van der Waals surface area contributed by atoms with Gasteiger partial charge in [0.25, 0.3) is 5.91 Å². The van der Waals surface area contributed by atoms with Crippen LogP contribution in [0.15, 0.2) is 28.2 Å². The summed E-state index contributed by atoms with van der Waals surface area (Å²) in [6.07, 6.45) is 0. The fourth-order valence-electron chi connectivity index (χ4n) is 1.46. The smallest absolute Gasteiger partial charge is 0.257 e. The molecule has 0 aliphatic heterocycles. The third-order valence-electron chi connectivity index (χ3n) is 2.31. The first kappa shape index (κ1) is 15.3. The molecule has 1 aromatic rings. The number of guanidine groups is 2. The Morgan fingerprint density at radius 2 is 1.90 bits per heavy atom. The van der Waals surface area contributed by atoms with Crippen LogP contribution in [0.25, 0.3) is 0 Å². The van der Waals surface area contributed by atoms with Gasteiger partial charge in [-0.05, 0) is 18.2 Å². The summed E-state index contributed by atoms with van der Waals surface area (Å²) >= 11 is 0. The van der Waals surface area contributed by atoms with E-state index in [9.17, 15) is 4.79 Å². The molecule has 0 aromatic heterocycles. The minimum Gasteiger partial charge on any atom is -0.496 e. The highest BCUT2D eigenvalue weighted by atomic mass is 16.5. The van der Waals surface area contributed by atoms with Crippen molar-refractivity contribution in [3.8, 4) is 5.75 Å². The van der Waals surface area contributed by atoms with E-state index in [1.807, 2.05) is 0 Å². The molecule has 0 aliphatic rings. The van der Waals surface area contributed by atoms with Crippen LogP contribution >= 0.6 is 0 Å². The molecule has 0 unspecified atom stereocenters. The zero-order valence-electron chi connectivity index (χ0n) is 11.6. The Morgan fingerprint density at radius 3 is 2.40 bits per heavy atom. The number of carbonyl (C=O) groups excluding carboxylic acids is 1. The number of ether oxygens (including phenoxy) is 1. The first-order valence-corrected chi connectivity index (χ1v) is 5.68. The number of amides is 1. The summed E-state index contributed by atoms with van der Waals surface area (Å²) in [4.78, 5) is 21.1. The summed E-state index contributed by atoms with van der Waals surface area (Å²) in [5.74, 6) is -0.0508. The van der Waals surface area contributed by atoms with Crippen molar-refractivity contribution in [2.45, 2.75) is 0 Å². The predicted octanol–water partition coefficient (Wildman–Crippen LogP) is -0.383. The molecule has 0 aliphatic carbocycles. The minimum absolute atomic E-state index is 0.0987. The molecule has 8 nitrogen and oxygen atoms in total. The largest absolute Gasteiger partial charge is 0.496 e. The van der Waals surface area contributed by atoms with Crippen LogP contribution in [0.1, 0.15) is 10.4 Å². The number of benzene rings is 1. The maximum absolute atomic E-state index is 12.0. The van der Waals surface area contributed by atoms with Crippen molar-refractivity contribution in [2.75, 3.05) is 21.2 Å². The van der Waals surface area contributed by atoms with Gasteiger partial charge in [-0.1, -0.05) is 0 Å². The first-order valence-electron chi connectivity index (χ1n) is 5.68. The van der Waals surface area contributed by atoms with Crippen molar-refractivity contribution in [2.24, 2.45) is 27.2 Å². The lowest BCUT2D eigenvalue weighted by atomic mass is 10.1. The van der Waals surface area contributed by atoms with E-state index in [0.29, 0.717) is 17.0 Å². The van der Waals surface area contributed by atoms with Gasteiger partial charge in [0.1, 0.15) is 5.75 Å². The molecule has 0 spiro atoms. The molecule has 1 rings (SSSR count). The van der Waals surface area contributed by atoms with Crippen LogP contribution < -0.4 is 21.9 Å². The molecule has 0 saturated carbocycles. The van der Waals surface area contributed by atoms with Crippen molar-refractivity contribution in [1.29, 1.82) is 0 Å². The second-order valence-electron chi connectivity index (χ2n) is 4.09. The van der Waals surface area contributed by atoms with Gasteiger partial charge in [-0.2, -0.15) is 4.99 Å². The molecule has 0 atom stereocenters. The van der Waals surface area contributed by atoms with Gasteiger partial charge >= 0.3 is 0 Å². The SMILES string of the molecule is COc1ccc(N=C(N)N=C(N)N)cc1C(=O)N(C)C. The molecule has 108 valence electrons. The highest BCUT2D eigenvalue weighted by molar-refractivity contribution is 5.98. The lowest BCUT2D eigenvalue weighted by molar-refractivity contribution is 0.0824. The molecule has 8 heteroatoms. The molecule has 0 fully saturated rings. The van der Waals surface area contributed by atoms with Crippen molar-refractivity contribution in [1.82, 2.24) is 4.90 Å². The Morgan fingerprint density at radius 1 is 1.25 bits per heavy atom. The van der Waals surface area contributed by atoms with E-state index in [-0.39, 0.29) is 17.8 Å². The predicted molar refractivity (Wildman–Crippen MR) is 78.1 cm³/mol. The molecule has 0 heterocycles. The Balaban J connectivity index is 3.23. The Bertz CT molecular complexity index is 561. The Hall–Kier alpha value is -2.77. The van der Waals surface area contributed by atoms with Gasteiger partial charge in [0, 0.05) is 14.1 Å². The van der Waals surface area contributed by atoms with Gasteiger partial charge in [0.2, 0.25) is 5.96 Å². The number of nitrogens with two attached hydrogens (primary N) is 3. The Kier molecular flexibility index (Phi) is 4.90. The van der Waals surface area contributed by atoms with E-state index < -0.39 is 0 Å². The standard InChI is InChI=1S/C12H18N6O2/c1-18(2)10(19)8-6-7(4-5-9(8)20-3)16-12(15)17-11(13)14/h4-6H,1-3H3,(H6,13,14,15,16,17). The van der Waals surface area contributed by atoms with Gasteiger partial charge in [-0.3, -0.25) is 4.79 Å². The number of nitrogens with zero attached hydrogens (tertiary/aromatic N) is 3. The monoisotopic (exact) mass is 278 g/mol. The van der Waals surface area contributed by atoms with Gasteiger partial charge in [0.05, 0.1) is 18.4 Å². The van der Waals surface area contributed by atoms with Crippen molar-refractivity contribution in [3.63, 3.8) is 0 Å². The van der Waals surface area contributed by atoms with Crippen LogP contribution in [0.5, 0.6) is 5.75 Å². The molecule has 6 N–H and O–H groups in total. The maximum atomic E-state index is 12.0. The number of methoxy groups -OCH3 is 1. The lowest BCUT2D eigenvalue weighted by Crippen LogP contribution is -2.26. The zero-order chi connectivity index (χ0) is 15.3. The lowest BCUT2D eigenvalue weighted by Gasteiger charge is -2.13. The molecule has 1 aromatic carbocycles. The highest BCUT2D eigenvalue weighted by Gasteiger charge is 2.14. The van der Waals surface area contributed by atoms with E-state index in [1.165, 1.54) is 12.0 Å². The number of hydrogen-bond donors (Lipinski definition) is 3. The molecule has 20 heavy (non-hydrogen) atoms. The van der Waals surface area contributed by atoms with Crippen LogP contribution in [0.4, 0.5) is 5.69 Å². The average Bonchev–Trinajstić information content (AvgIpc) is 2.36. The van der Waals surface area contributed by atoms with E-state index in [1.54, 1.807) is 32.3 Å². The molecule has 0 bridgehead atoms. The quantitative estimate of drug-likeness (QED) is 0.512. The van der Waals surface area contributed by atoms with Gasteiger partial charge in [-0.15, -0.1) is 0 Å². The van der Waals surface area contributed by atoms with Gasteiger partial charge in [0.15, 0.2) is 5.96 Å². The van der Waals surface area contributed by atoms with E-state index >= 15 is 0 Å². The highest BCUT2D eigenvalue weighted by Crippen LogP contribution is 2.25. The third-order valence-corrected chi connectivity index (χ3v) is 2.31. The van der Waals surface area contributed by atoms with Crippen LogP contribution in [0, 0.1) is 0 Å². The van der Waals surface area contributed by atoms with E-state index in [2.05, 4.69) is 9.98 Å². The molecule has 0 radical (unpaired) electrons. The maximum Gasteiger partial charge on any atom is 0.257 e. The van der Waals surface area contributed by atoms with E-state index in [4.69, 9.17) is 21.9 Å². The molecule has 1 amide bonds. The summed E-state index contributed by atoms with van der Waals surface area (Å²) in [7, 11) is 4.77. The number of carbonyl (C=O) groups is 1. The average molecular weight is 278 g/mol. The second kappa shape index (κ2) is 6.41. The van der Waals surface area contributed by atoms with Gasteiger partial charge in [-0.25, -0.2) is 4.99 Å². The van der Waals surface area contributed by atoms with E-state index in [0.717, 1.165) is 0 Å².